The third kappa shape index (κ3) is 7.34. The lowest BCUT2D eigenvalue weighted by atomic mass is 10.1. The van der Waals surface area contributed by atoms with Crippen molar-refractivity contribution in [2.75, 3.05) is 26.2 Å². The largest absolute Gasteiger partial charge is 0.324 e. The zero-order valence-electron chi connectivity index (χ0n) is 13.8. The van der Waals surface area contributed by atoms with Crippen molar-refractivity contribution in [3.05, 3.63) is 0 Å². The van der Waals surface area contributed by atoms with E-state index in [4.69, 9.17) is 0 Å². The summed E-state index contributed by atoms with van der Waals surface area (Å²) in [6, 6.07) is 0. The van der Waals surface area contributed by atoms with Crippen LogP contribution >= 0.6 is 0 Å². The van der Waals surface area contributed by atoms with Crippen molar-refractivity contribution < 1.29 is 4.48 Å². The molecule has 19 heavy (non-hydrogen) atoms. The summed E-state index contributed by atoms with van der Waals surface area (Å²) in [6.07, 6.45) is 17.5. The monoisotopic (exact) mass is 268 g/mol. The molecule has 1 fully saturated rings. The molecule has 0 saturated carbocycles. The molecule has 0 aromatic rings. The number of hydrogen-bond acceptors (Lipinski definition) is 0. The molecule has 1 saturated heterocycles. The molecule has 0 radical (unpaired) electrons. The van der Waals surface area contributed by atoms with Gasteiger partial charge in [0.25, 0.3) is 0 Å². The molecule has 0 aromatic heterocycles. The van der Waals surface area contributed by atoms with Crippen LogP contribution in [0.4, 0.5) is 0 Å². The minimum absolute atomic E-state index is 1.37. The van der Waals surface area contributed by atoms with E-state index in [0.717, 1.165) is 0 Å². The number of nitrogens with zero attached hydrogens (tertiary/aromatic N) is 1. The second-order valence-electron chi connectivity index (χ2n) is 6.77. The third-order valence-electron chi connectivity index (χ3n) is 4.99. The normalized spacial score (nSPS) is 18.0. The molecule has 0 unspecified atom stereocenters. The van der Waals surface area contributed by atoms with Gasteiger partial charge in [0.05, 0.1) is 26.2 Å². The molecular formula is C18H38N+. The fraction of sp³-hybridized carbons (Fsp3) is 1.00. The average Bonchev–Trinajstić information content (AvgIpc) is 2.88. The average molecular weight is 269 g/mol. The van der Waals surface area contributed by atoms with Gasteiger partial charge in [-0.3, -0.25) is 0 Å². The number of likely N-dealkylation sites (tertiary alicyclic amines) is 1. The van der Waals surface area contributed by atoms with Gasteiger partial charge in [-0.05, 0) is 25.7 Å². The van der Waals surface area contributed by atoms with E-state index in [1.54, 1.807) is 0 Å². The lowest BCUT2D eigenvalue weighted by Crippen LogP contribution is -2.46. The Morgan fingerprint density at radius 1 is 0.579 bits per heavy atom. The van der Waals surface area contributed by atoms with Gasteiger partial charge in [0.1, 0.15) is 0 Å². The molecule has 0 amide bonds. The Morgan fingerprint density at radius 3 is 1.53 bits per heavy atom. The van der Waals surface area contributed by atoms with E-state index in [-0.39, 0.29) is 0 Å². The fourth-order valence-corrected chi connectivity index (χ4v) is 3.67. The Bertz CT molecular complexity index is 194. The number of hydrogen-bond donors (Lipinski definition) is 0. The SMILES string of the molecule is CCCCCCCC[N+]1(CCCCCC)CCCC1. The first-order chi connectivity index (χ1) is 9.33. The van der Waals surface area contributed by atoms with E-state index in [2.05, 4.69) is 13.8 Å². The van der Waals surface area contributed by atoms with Crippen LogP contribution < -0.4 is 0 Å². The van der Waals surface area contributed by atoms with Crippen LogP contribution in [0.2, 0.25) is 0 Å². The van der Waals surface area contributed by atoms with Crippen LogP contribution in [0.25, 0.3) is 0 Å². The van der Waals surface area contributed by atoms with Crippen molar-refractivity contribution in [2.24, 2.45) is 0 Å². The van der Waals surface area contributed by atoms with Gasteiger partial charge in [0, 0.05) is 12.8 Å². The first-order valence-corrected chi connectivity index (χ1v) is 9.18. The van der Waals surface area contributed by atoms with Crippen LogP contribution in [0, 0.1) is 0 Å². The molecule has 0 spiro atoms. The van der Waals surface area contributed by atoms with Crippen molar-refractivity contribution in [1.82, 2.24) is 0 Å². The summed E-state index contributed by atoms with van der Waals surface area (Å²) in [4.78, 5) is 0. The maximum absolute atomic E-state index is 2.32. The summed E-state index contributed by atoms with van der Waals surface area (Å²) in [5, 5.41) is 0. The Hall–Kier alpha value is -0.0400. The van der Waals surface area contributed by atoms with Crippen LogP contribution in [0.5, 0.6) is 0 Å². The van der Waals surface area contributed by atoms with Crippen LogP contribution in [-0.4, -0.2) is 30.7 Å². The van der Waals surface area contributed by atoms with Gasteiger partial charge in [-0.15, -0.1) is 0 Å². The van der Waals surface area contributed by atoms with Gasteiger partial charge in [-0.2, -0.15) is 0 Å². The molecule has 0 aromatic carbocycles. The van der Waals surface area contributed by atoms with Gasteiger partial charge < -0.3 is 4.48 Å². The van der Waals surface area contributed by atoms with Crippen LogP contribution in [-0.2, 0) is 0 Å². The second kappa shape index (κ2) is 10.7. The van der Waals surface area contributed by atoms with Crippen molar-refractivity contribution in [1.29, 1.82) is 0 Å². The van der Waals surface area contributed by atoms with E-state index >= 15 is 0 Å². The standard InChI is InChI=1S/C18H38N/c1-3-5-7-9-10-12-16-19(17-13-14-18-19)15-11-8-6-4-2/h3-18H2,1-2H3/q+1. The van der Waals surface area contributed by atoms with Gasteiger partial charge in [-0.1, -0.05) is 52.4 Å². The van der Waals surface area contributed by atoms with Gasteiger partial charge in [-0.25, -0.2) is 0 Å². The summed E-state index contributed by atoms with van der Waals surface area (Å²) >= 11 is 0. The van der Waals surface area contributed by atoms with Crippen molar-refractivity contribution in [2.45, 2.75) is 90.9 Å². The first-order valence-electron chi connectivity index (χ1n) is 9.18. The summed E-state index contributed by atoms with van der Waals surface area (Å²) in [5.41, 5.74) is 0. The van der Waals surface area contributed by atoms with E-state index in [1.165, 1.54) is 108 Å². The lowest BCUT2D eigenvalue weighted by Gasteiger charge is -2.34. The predicted octanol–water partition coefficient (Wildman–Crippen LogP) is 5.54. The number of unbranched alkanes of at least 4 members (excludes halogenated alkanes) is 8. The molecule has 0 aliphatic carbocycles. The Labute approximate surface area is 122 Å². The quantitative estimate of drug-likeness (QED) is 0.322. The molecule has 1 aliphatic rings. The zero-order valence-corrected chi connectivity index (χ0v) is 13.8. The highest BCUT2D eigenvalue weighted by Crippen LogP contribution is 2.22. The highest BCUT2D eigenvalue weighted by Gasteiger charge is 2.30. The molecule has 1 heterocycles. The smallest absolute Gasteiger partial charge is 0.0788 e. The van der Waals surface area contributed by atoms with Crippen LogP contribution in [0.3, 0.4) is 0 Å². The van der Waals surface area contributed by atoms with Crippen molar-refractivity contribution >= 4 is 0 Å². The Morgan fingerprint density at radius 2 is 1.00 bits per heavy atom. The van der Waals surface area contributed by atoms with E-state index < -0.39 is 0 Å². The lowest BCUT2D eigenvalue weighted by molar-refractivity contribution is -0.917. The van der Waals surface area contributed by atoms with Gasteiger partial charge >= 0.3 is 0 Å². The number of quaternary nitrogens is 1. The molecule has 0 N–H and O–H groups in total. The molecule has 0 bridgehead atoms. The number of rotatable bonds is 12. The topological polar surface area (TPSA) is 0 Å². The summed E-state index contributed by atoms with van der Waals surface area (Å²) in [7, 11) is 0. The molecule has 114 valence electrons. The molecule has 1 rings (SSSR count). The maximum Gasteiger partial charge on any atom is 0.0788 e. The van der Waals surface area contributed by atoms with Crippen molar-refractivity contribution in [3.8, 4) is 0 Å². The third-order valence-corrected chi connectivity index (χ3v) is 4.99. The molecule has 1 aliphatic heterocycles. The first kappa shape index (κ1) is 17.0. The van der Waals surface area contributed by atoms with Gasteiger partial charge in [0.15, 0.2) is 0 Å². The van der Waals surface area contributed by atoms with Crippen molar-refractivity contribution in [3.63, 3.8) is 0 Å². The van der Waals surface area contributed by atoms with E-state index in [1.807, 2.05) is 0 Å². The Kier molecular flexibility index (Phi) is 9.59. The minimum atomic E-state index is 1.37. The Balaban J connectivity index is 2.12. The summed E-state index contributed by atoms with van der Waals surface area (Å²) < 4.78 is 1.48. The molecule has 1 heteroatoms. The second-order valence-corrected chi connectivity index (χ2v) is 6.77. The van der Waals surface area contributed by atoms with Crippen LogP contribution in [0.1, 0.15) is 90.9 Å². The fourth-order valence-electron chi connectivity index (χ4n) is 3.67. The van der Waals surface area contributed by atoms with Crippen LogP contribution in [0.15, 0.2) is 0 Å². The molecular weight excluding hydrogens is 230 g/mol. The highest BCUT2D eigenvalue weighted by molar-refractivity contribution is 4.57. The minimum Gasteiger partial charge on any atom is -0.324 e. The molecule has 0 atom stereocenters. The van der Waals surface area contributed by atoms with E-state index in [0.29, 0.717) is 0 Å². The highest BCUT2D eigenvalue weighted by atomic mass is 15.4. The van der Waals surface area contributed by atoms with Gasteiger partial charge in [0.2, 0.25) is 0 Å². The zero-order chi connectivity index (χ0) is 13.8. The predicted molar refractivity (Wildman–Crippen MR) is 86.5 cm³/mol. The van der Waals surface area contributed by atoms with E-state index in [9.17, 15) is 0 Å². The maximum atomic E-state index is 2.32. The summed E-state index contributed by atoms with van der Waals surface area (Å²) in [5.74, 6) is 0. The summed E-state index contributed by atoms with van der Waals surface area (Å²) in [6.45, 7) is 10.6. The molecule has 1 nitrogen and oxygen atoms in total.